The fourth-order valence-electron chi connectivity index (χ4n) is 2.77. The number of amides is 2. The van der Waals surface area contributed by atoms with Crippen LogP contribution in [0.3, 0.4) is 0 Å². The molecule has 2 amide bonds. The standard InChI is InChI=1S/C23H28Br2N2O6/c1-15(27-23(29)19-13-17(25)5-7-21(19)33-11-9-31-3)14-26-22(28)18-12-16(24)4-6-20(18)32-10-8-30-2/h4-7,12-13,15H,8-11,14H2,1-3H3,(H,26,28)(H,27,29). The Kier molecular flexibility index (Phi) is 11.7. The van der Waals surface area contributed by atoms with Gasteiger partial charge in [0.1, 0.15) is 24.7 Å². The Bertz CT molecular complexity index is 941. The molecule has 33 heavy (non-hydrogen) atoms. The lowest BCUT2D eigenvalue weighted by Crippen LogP contribution is -2.42. The van der Waals surface area contributed by atoms with Gasteiger partial charge in [0.25, 0.3) is 11.8 Å². The summed E-state index contributed by atoms with van der Waals surface area (Å²) in [5, 5.41) is 5.72. The Morgan fingerprint density at radius 3 is 1.79 bits per heavy atom. The molecule has 0 heterocycles. The van der Waals surface area contributed by atoms with Crippen molar-refractivity contribution < 1.29 is 28.5 Å². The number of hydrogen-bond acceptors (Lipinski definition) is 6. The summed E-state index contributed by atoms with van der Waals surface area (Å²) in [7, 11) is 3.16. The lowest BCUT2D eigenvalue weighted by molar-refractivity contribution is 0.0904. The van der Waals surface area contributed by atoms with Gasteiger partial charge in [-0.1, -0.05) is 31.9 Å². The summed E-state index contributed by atoms with van der Waals surface area (Å²) in [6.07, 6.45) is 0. The van der Waals surface area contributed by atoms with Gasteiger partial charge in [0.05, 0.1) is 24.3 Å². The maximum Gasteiger partial charge on any atom is 0.255 e. The van der Waals surface area contributed by atoms with Gasteiger partial charge in [-0.25, -0.2) is 0 Å². The second kappa shape index (κ2) is 14.2. The third-order valence-corrected chi connectivity index (χ3v) is 5.40. The van der Waals surface area contributed by atoms with E-state index in [2.05, 4.69) is 42.5 Å². The summed E-state index contributed by atoms with van der Waals surface area (Å²) in [6.45, 7) is 3.50. The first-order chi connectivity index (χ1) is 15.8. The van der Waals surface area contributed by atoms with Crippen LogP contribution in [0.4, 0.5) is 0 Å². The predicted octanol–water partition coefficient (Wildman–Crippen LogP) is 3.81. The summed E-state index contributed by atoms with van der Waals surface area (Å²) in [5.74, 6) is 0.291. The van der Waals surface area contributed by atoms with Gasteiger partial charge in [-0.15, -0.1) is 0 Å². The van der Waals surface area contributed by atoms with E-state index in [1.807, 2.05) is 0 Å². The molecule has 2 aromatic rings. The largest absolute Gasteiger partial charge is 0.490 e. The number of nitrogens with one attached hydrogen (secondary N) is 2. The van der Waals surface area contributed by atoms with Crippen molar-refractivity contribution >= 4 is 43.7 Å². The highest BCUT2D eigenvalue weighted by molar-refractivity contribution is 9.10. The number of halogens is 2. The van der Waals surface area contributed by atoms with E-state index in [4.69, 9.17) is 18.9 Å². The van der Waals surface area contributed by atoms with Gasteiger partial charge in [-0.3, -0.25) is 9.59 Å². The monoisotopic (exact) mass is 586 g/mol. The van der Waals surface area contributed by atoms with E-state index in [0.29, 0.717) is 49.1 Å². The van der Waals surface area contributed by atoms with Gasteiger partial charge in [-0.05, 0) is 43.3 Å². The molecule has 0 fully saturated rings. The Balaban J connectivity index is 1.98. The van der Waals surface area contributed by atoms with Crippen LogP contribution in [0, 0.1) is 0 Å². The highest BCUT2D eigenvalue weighted by atomic mass is 79.9. The van der Waals surface area contributed by atoms with Crippen LogP contribution in [0.25, 0.3) is 0 Å². The van der Waals surface area contributed by atoms with Crippen molar-refractivity contribution in [1.29, 1.82) is 0 Å². The van der Waals surface area contributed by atoms with E-state index in [1.54, 1.807) is 57.5 Å². The van der Waals surface area contributed by atoms with E-state index in [9.17, 15) is 9.59 Å². The number of carbonyl (C=O) groups is 2. The van der Waals surface area contributed by atoms with Crippen LogP contribution in [-0.4, -0.2) is 65.0 Å². The van der Waals surface area contributed by atoms with Crippen LogP contribution in [0.1, 0.15) is 27.6 Å². The minimum atomic E-state index is -0.336. The zero-order chi connectivity index (χ0) is 24.2. The molecule has 10 heteroatoms. The van der Waals surface area contributed by atoms with Gasteiger partial charge < -0.3 is 29.6 Å². The number of hydrogen-bond donors (Lipinski definition) is 2. The number of carbonyl (C=O) groups excluding carboxylic acids is 2. The van der Waals surface area contributed by atoms with Gasteiger partial charge in [0, 0.05) is 35.8 Å². The zero-order valence-corrected chi connectivity index (χ0v) is 22.0. The Morgan fingerprint density at radius 2 is 1.30 bits per heavy atom. The van der Waals surface area contributed by atoms with Crippen molar-refractivity contribution in [3.8, 4) is 11.5 Å². The summed E-state index contributed by atoms with van der Waals surface area (Å²) in [5.41, 5.74) is 0.777. The lowest BCUT2D eigenvalue weighted by atomic mass is 10.1. The Morgan fingerprint density at radius 1 is 0.818 bits per heavy atom. The maximum absolute atomic E-state index is 12.8. The maximum atomic E-state index is 12.8. The van der Waals surface area contributed by atoms with Crippen LogP contribution in [0.15, 0.2) is 45.3 Å². The molecule has 2 rings (SSSR count). The third-order valence-electron chi connectivity index (χ3n) is 4.41. The summed E-state index contributed by atoms with van der Waals surface area (Å²) in [4.78, 5) is 25.6. The molecule has 0 spiro atoms. The van der Waals surface area contributed by atoms with Crippen molar-refractivity contribution in [2.24, 2.45) is 0 Å². The molecule has 0 aliphatic carbocycles. The van der Waals surface area contributed by atoms with Gasteiger partial charge in [0.2, 0.25) is 0 Å². The van der Waals surface area contributed by atoms with Crippen LogP contribution in [0.5, 0.6) is 11.5 Å². The normalized spacial score (nSPS) is 11.5. The fraction of sp³-hybridized carbons (Fsp3) is 0.391. The average Bonchev–Trinajstić information content (AvgIpc) is 2.79. The minimum absolute atomic E-state index is 0.225. The molecule has 2 N–H and O–H groups in total. The first-order valence-electron chi connectivity index (χ1n) is 10.3. The highest BCUT2D eigenvalue weighted by Crippen LogP contribution is 2.24. The minimum Gasteiger partial charge on any atom is -0.490 e. The summed E-state index contributed by atoms with van der Waals surface area (Å²) < 4.78 is 22.8. The molecule has 0 aliphatic heterocycles. The van der Waals surface area contributed by atoms with Gasteiger partial charge >= 0.3 is 0 Å². The summed E-state index contributed by atoms with van der Waals surface area (Å²) in [6, 6.07) is 10.1. The van der Waals surface area contributed by atoms with E-state index in [1.165, 1.54) is 0 Å². The highest BCUT2D eigenvalue weighted by Gasteiger charge is 2.18. The first-order valence-corrected chi connectivity index (χ1v) is 11.9. The van der Waals surface area contributed by atoms with Crippen LogP contribution in [-0.2, 0) is 9.47 Å². The molecule has 0 aliphatic rings. The van der Waals surface area contributed by atoms with E-state index < -0.39 is 0 Å². The second-order valence-electron chi connectivity index (χ2n) is 7.05. The average molecular weight is 588 g/mol. The van der Waals surface area contributed by atoms with Crippen LogP contribution >= 0.6 is 31.9 Å². The molecule has 0 saturated heterocycles. The van der Waals surface area contributed by atoms with Gasteiger partial charge in [-0.2, -0.15) is 0 Å². The molecular formula is C23H28Br2N2O6. The molecule has 0 radical (unpaired) electrons. The van der Waals surface area contributed by atoms with E-state index in [0.717, 1.165) is 8.95 Å². The second-order valence-corrected chi connectivity index (χ2v) is 8.88. The quantitative estimate of drug-likeness (QED) is 0.346. The van der Waals surface area contributed by atoms with E-state index in [-0.39, 0.29) is 24.4 Å². The predicted molar refractivity (Wildman–Crippen MR) is 132 cm³/mol. The van der Waals surface area contributed by atoms with Gasteiger partial charge in [0.15, 0.2) is 0 Å². The number of rotatable bonds is 13. The molecule has 180 valence electrons. The molecule has 1 atom stereocenters. The zero-order valence-electron chi connectivity index (χ0n) is 18.8. The molecular weight excluding hydrogens is 560 g/mol. The molecule has 0 aromatic heterocycles. The van der Waals surface area contributed by atoms with Crippen molar-refractivity contribution in [1.82, 2.24) is 10.6 Å². The lowest BCUT2D eigenvalue weighted by Gasteiger charge is -2.18. The first kappa shape index (κ1) is 27.1. The Labute approximate surface area is 210 Å². The van der Waals surface area contributed by atoms with Crippen molar-refractivity contribution in [3.05, 3.63) is 56.5 Å². The Hall–Kier alpha value is -2.14. The number of benzene rings is 2. The number of methoxy groups -OCH3 is 2. The fourth-order valence-corrected chi connectivity index (χ4v) is 3.50. The van der Waals surface area contributed by atoms with Crippen molar-refractivity contribution in [2.75, 3.05) is 47.2 Å². The smallest absolute Gasteiger partial charge is 0.255 e. The molecule has 0 saturated carbocycles. The van der Waals surface area contributed by atoms with Crippen molar-refractivity contribution in [2.45, 2.75) is 13.0 Å². The molecule has 2 aromatic carbocycles. The molecule has 8 nitrogen and oxygen atoms in total. The number of ether oxygens (including phenoxy) is 4. The van der Waals surface area contributed by atoms with Crippen LogP contribution < -0.4 is 20.1 Å². The van der Waals surface area contributed by atoms with Crippen LogP contribution in [0.2, 0.25) is 0 Å². The van der Waals surface area contributed by atoms with E-state index >= 15 is 0 Å². The van der Waals surface area contributed by atoms with Crippen molar-refractivity contribution in [3.63, 3.8) is 0 Å². The SMILES string of the molecule is COCCOc1ccc(Br)cc1C(=O)NCC(C)NC(=O)c1cc(Br)ccc1OCCOC. The summed E-state index contributed by atoms with van der Waals surface area (Å²) >= 11 is 6.76. The molecule has 0 bridgehead atoms. The molecule has 1 unspecified atom stereocenters. The topological polar surface area (TPSA) is 95.1 Å². The third kappa shape index (κ3) is 8.96.